The molecular formula is C10H21NO4. The summed E-state index contributed by atoms with van der Waals surface area (Å²) in [6, 6.07) is 0. The van der Waals surface area contributed by atoms with Gasteiger partial charge in [-0.2, -0.15) is 0 Å². The molecule has 0 fully saturated rings. The molecule has 1 N–H and O–H groups in total. The van der Waals surface area contributed by atoms with Crippen LogP contribution in [0, 0.1) is 0 Å². The molecule has 0 aliphatic rings. The van der Waals surface area contributed by atoms with Crippen LogP contribution in [0.4, 0.5) is 4.79 Å². The first kappa shape index (κ1) is 14.2. The lowest BCUT2D eigenvalue weighted by Crippen LogP contribution is -2.36. The van der Waals surface area contributed by atoms with Crippen LogP contribution in [0.2, 0.25) is 0 Å². The molecule has 15 heavy (non-hydrogen) atoms. The zero-order valence-corrected chi connectivity index (χ0v) is 9.95. The van der Waals surface area contributed by atoms with Gasteiger partial charge in [-0.25, -0.2) is 4.79 Å². The molecule has 0 aliphatic heterocycles. The van der Waals surface area contributed by atoms with Crippen molar-refractivity contribution < 1.29 is 19.4 Å². The first-order valence-electron chi connectivity index (χ1n) is 4.99. The van der Waals surface area contributed by atoms with Crippen LogP contribution in [0.15, 0.2) is 0 Å². The first-order valence-corrected chi connectivity index (χ1v) is 4.99. The van der Waals surface area contributed by atoms with Crippen LogP contribution in [0.5, 0.6) is 0 Å². The fraction of sp³-hybridized carbons (Fsp3) is 0.900. The molecule has 5 nitrogen and oxygen atoms in total. The van der Waals surface area contributed by atoms with Crippen LogP contribution in [-0.4, -0.2) is 55.1 Å². The summed E-state index contributed by atoms with van der Waals surface area (Å²) in [6.07, 6.45) is -0.366. The molecule has 0 rings (SSSR count). The minimum atomic E-state index is -0.475. The number of aliphatic hydroxyl groups is 1. The van der Waals surface area contributed by atoms with E-state index in [-0.39, 0.29) is 12.7 Å². The zero-order valence-electron chi connectivity index (χ0n) is 9.95. The van der Waals surface area contributed by atoms with Crippen molar-refractivity contribution in [3.8, 4) is 0 Å². The van der Waals surface area contributed by atoms with E-state index in [1.165, 1.54) is 4.90 Å². The summed E-state index contributed by atoms with van der Waals surface area (Å²) in [5.41, 5.74) is -0.475. The van der Waals surface area contributed by atoms with Crippen molar-refractivity contribution in [2.24, 2.45) is 0 Å². The van der Waals surface area contributed by atoms with Crippen molar-refractivity contribution in [3.63, 3.8) is 0 Å². The predicted octanol–water partition coefficient (Wildman–Crippen LogP) is 0.862. The highest BCUT2D eigenvalue weighted by atomic mass is 16.6. The molecule has 0 aromatic rings. The number of carbonyl (C=O) groups excluding carboxylic acids is 1. The number of carbonyl (C=O) groups is 1. The second kappa shape index (κ2) is 6.63. The van der Waals surface area contributed by atoms with E-state index in [0.29, 0.717) is 19.8 Å². The van der Waals surface area contributed by atoms with Gasteiger partial charge in [-0.15, -0.1) is 0 Å². The van der Waals surface area contributed by atoms with Crippen LogP contribution < -0.4 is 0 Å². The van der Waals surface area contributed by atoms with Gasteiger partial charge in [-0.1, -0.05) is 0 Å². The highest BCUT2D eigenvalue weighted by Crippen LogP contribution is 2.08. The van der Waals surface area contributed by atoms with Crippen LogP contribution >= 0.6 is 0 Å². The fourth-order valence-corrected chi connectivity index (χ4v) is 0.799. The number of nitrogens with zero attached hydrogens (tertiary/aromatic N) is 1. The minimum absolute atomic E-state index is 0.00382. The number of hydrogen-bond donors (Lipinski definition) is 1. The summed E-state index contributed by atoms with van der Waals surface area (Å²) in [5, 5.41) is 8.46. The lowest BCUT2D eigenvalue weighted by Gasteiger charge is -2.24. The second-order valence-corrected chi connectivity index (χ2v) is 4.24. The third-order valence-corrected chi connectivity index (χ3v) is 1.51. The Bertz CT molecular complexity index is 188. The minimum Gasteiger partial charge on any atom is -0.444 e. The van der Waals surface area contributed by atoms with Gasteiger partial charge in [0.05, 0.1) is 19.8 Å². The molecule has 0 aliphatic carbocycles. The van der Waals surface area contributed by atoms with Crippen molar-refractivity contribution in [2.45, 2.75) is 26.4 Å². The van der Waals surface area contributed by atoms with Crippen molar-refractivity contribution in [2.75, 3.05) is 33.4 Å². The topological polar surface area (TPSA) is 59.0 Å². The summed E-state index contributed by atoms with van der Waals surface area (Å²) in [4.78, 5) is 12.9. The lowest BCUT2D eigenvalue weighted by molar-refractivity contribution is 0.0211. The highest BCUT2D eigenvalue weighted by molar-refractivity contribution is 5.67. The smallest absolute Gasteiger partial charge is 0.410 e. The molecule has 5 heteroatoms. The number of amides is 1. The van der Waals surface area contributed by atoms with Gasteiger partial charge in [-0.3, -0.25) is 0 Å². The molecule has 0 bridgehead atoms. The average molecular weight is 219 g/mol. The van der Waals surface area contributed by atoms with Gasteiger partial charge < -0.3 is 19.5 Å². The molecule has 0 saturated carbocycles. The van der Waals surface area contributed by atoms with E-state index >= 15 is 0 Å². The number of rotatable bonds is 5. The first-order chi connectivity index (χ1) is 6.87. The zero-order chi connectivity index (χ0) is 11.9. The Morgan fingerprint density at radius 3 is 2.40 bits per heavy atom. The molecule has 1 amide bonds. The SMILES string of the molecule is CN(CCOCCO)C(=O)OC(C)(C)C. The Morgan fingerprint density at radius 1 is 1.33 bits per heavy atom. The lowest BCUT2D eigenvalue weighted by atomic mass is 10.2. The summed E-state index contributed by atoms with van der Waals surface area (Å²) in [5.74, 6) is 0. The van der Waals surface area contributed by atoms with E-state index < -0.39 is 5.60 Å². The van der Waals surface area contributed by atoms with Gasteiger partial charge >= 0.3 is 6.09 Å². The number of ether oxygens (including phenoxy) is 2. The summed E-state index contributed by atoms with van der Waals surface area (Å²) >= 11 is 0. The van der Waals surface area contributed by atoms with Crippen LogP contribution in [-0.2, 0) is 9.47 Å². The third-order valence-electron chi connectivity index (χ3n) is 1.51. The molecular weight excluding hydrogens is 198 g/mol. The maximum absolute atomic E-state index is 11.4. The quantitative estimate of drug-likeness (QED) is 0.697. The van der Waals surface area contributed by atoms with Gasteiger partial charge in [-0.05, 0) is 20.8 Å². The van der Waals surface area contributed by atoms with E-state index in [1.807, 2.05) is 20.8 Å². The molecule has 0 aromatic carbocycles. The third kappa shape index (κ3) is 8.20. The van der Waals surface area contributed by atoms with E-state index in [2.05, 4.69) is 0 Å². The molecule has 0 spiro atoms. The van der Waals surface area contributed by atoms with Gasteiger partial charge in [0.1, 0.15) is 5.60 Å². The molecule has 0 unspecified atom stereocenters. The molecule has 0 heterocycles. The molecule has 0 aromatic heterocycles. The second-order valence-electron chi connectivity index (χ2n) is 4.24. The largest absolute Gasteiger partial charge is 0.444 e. The highest BCUT2D eigenvalue weighted by Gasteiger charge is 2.18. The predicted molar refractivity (Wildman–Crippen MR) is 56.8 cm³/mol. The van der Waals surface area contributed by atoms with E-state index in [1.54, 1.807) is 7.05 Å². The standard InChI is InChI=1S/C10H21NO4/c1-10(2,3)15-9(13)11(4)5-7-14-8-6-12/h12H,5-8H2,1-4H3. The Labute approximate surface area is 91.0 Å². The Kier molecular flexibility index (Phi) is 6.27. The van der Waals surface area contributed by atoms with Gasteiger partial charge in [0.2, 0.25) is 0 Å². The Hall–Kier alpha value is -0.810. The van der Waals surface area contributed by atoms with Gasteiger partial charge in [0.25, 0.3) is 0 Å². The van der Waals surface area contributed by atoms with Gasteiger partial charge in [0, 0.05) is 13.6 Å². The number of likely N-dealkylation sites (N-methyl/N-ethyl adjacent to an activating group) is 1. The van der Waals surface area contributed by atoms with Crippen molar-refractivity contribution >= 4 is 6.09 Å². The number of hydrogen-bond acceptors (Lipinski definition) is 4. The summed E-state index contributed by atoms with van der Waals surface area (Å²) < 4.78 is 10.2. The van der Waals surface area contributed by atoms with Gasteiger partial charge in [0.15, 0.2) is 0 Å². The van der Waals surface area contributed by atoms with E-state index in [0.717, 1.165) is 0 Å². The molecule has 0 radical (unpaired) electrons. The average Bonchev–Trinajstić information content (AvgIpc) is 2.09. The summed E-state index contributed by atoms with van der Waals surface area (Å²) in [6.45, 7) is 6.60. The van der Waals surface area contributed by atoms with Crippen LogP contribution in [0.1, 0.15) is 20.8 Å². The molecule has 0 atom stereocenters. The Balaban J connectivity index is 3.70. The molecule has 90 valence electrons. The monoisotopic (exact) mass is 219 g/mol. The number of aliphatic hydroxyl groups excluding tert-OH is 1. The van der Waals surface area contributed by atoms with Crippen LogP contribution in [0.3, 0.4) is 0 Å². The van der Waals surface area contributed by atoms with Crippen molar-refractivity contribution in [1.82, 2.24) is 4.90 Å². The fourth-order valence-electron chi connectivity index (χ4n) is 0.799. The van der Waals surface area contributed by atoms with Crippen molar-refractivity contribution in [1.29, 1.82) is 0 Å². The maximum atomic E-state index is 11.4. The summed E-state index contributed by atoms with van der Waals surface area (Å²) in [7, 11) is 1.65. The maximum Gasteiger partial charge on any atom is 0.410 e. The molecule has 0 saturated heterocycles. The normalized spacial score (nSPS) is 11.3. The van der Waals surface area contributed by atoms with E-state index in [9.17, 15) is 4.79 Å². The Morgan fingerprint density at radius 2 is 1.93 bits per heavy atom. The van der Waals surface area contributed by atoms with Crippen LogP contribution in [0.25, 0.3) is 0 Å². The van der Waals surface area contributed by atoms with Crippen molar-refractivity contribution in [3.05, 3.63) is 0 Å². The van der Waals surface area contributed by atoms with E-state index in [4.69, 9.17) is 14.6 Å².